The van der Waals surface area contributed by atoms with Gasteiger partial charge in [0.1, 0.15) is 23.2 Å². The van der Waals surface area contributed by atoms with Gasteiger partial charge in [-0.1, -0.05) is 12.1 Å². The molecule has 2 aromatic rings. The minimum absolute atomic E-state index is 0.0106. The first kappa shape index (κ1) is 19.4. The number of nitrogens with one attached hydrogen (secondary N) is 1. The van der Waals surface area contributed by atoms with Gasteiger partial charge in [-0.2, -0.15) is 5.26 Å². The zero-order valence-electron chi connectivity index (χ0n) is 15.4. The molecule has 1 fully saturated rings. The highest BCUT2D eigenvalue weighted by Crippen LogP contribution is 2.28. The number of aromatic carboxylic acids is 1. The summed E-state index contributed by atoms with van der Waals surface area (Å²) in [6, 6.07) is 10.1. The number of hydrogen-bond donors (Lipinski definition) is 2. The third kappa shape index (κ3) is 4.30. The lowest BCUT2D eigenvalue weighted by molar-refractivity contribution is -0.117. The fraction of sp³-hybridized carbons (Fsp3) is 0.286. The van der Waals surface area contributed by atoms with Gasteiger partial charge in [0.15, 0.2) is 0 Å². The van der Waals surface area contributed by atoms with Gasteiger partial charge in [-0.15, -0.1) is 0 Å². The zero-order chi connectivity index (χ0) is 20.1. The molecule has 7 nitrogen and oxygen atoms in total. The van der Waals surface area contributed by atoms with Crippen molar-refractivity contribution in [3.63, 3.8) is 0 Å². The number of nitriles is 1. The first-order chi connectivity index (χ1) is 13.5. The Labute approximate surface area is 162 Å². The smallest absolute Gasteiger partial charge is 0.335 e. The SMILES string of the molecule is Cc1c(C(=O)O)cccc1-c1ccc(/C=C(\C#N)C(=O)NC[C@H]2CCCO2)o1. The lowest BCUT2D eigenvalue weighted by atomic mass is 10.0. The van der Waals surface area contributed by atoms with Gasteiger partial charge in [0, 0.05) is 24.8 Å². The molecule has 1 saturated heterocycles. The molecule has 0 saturated carbocycles. The zero-order valence-corrected chi connectivity index (χ0v) is 15.4. The molecule has 2 N–H and O–H groups in total. The van der Waals surface area contributed by atoms with E-state index in [1.165, 1.54) is 12.1 Å². The van der Waals surface area contributed by atoms with E-state index < -0.39 is 11.9 Å². The summed E-state index contributed by atoms with van der Waals surface area (Å²) in [4.78, 5) is 23.5. The Kier molecular flexibility index (Phi) is 5.92. The molecule has 0 bridgehead atoms. The molecule has 0 radical (unpaired) electrons. The van der Waals surface area contributed by atoms with Crippen molar-refractivity contribution in [2.24, 2.45) is 0 Å². The Morgan fingerprint density at radius 3 is 2.86 bits per heavy atom. The predicted octanol–water partition coefficient (Wildman–Crippen LogP) is 3.16. The number of carbonyl (C=O) groups is 2. The van der Waals surface area contributed by atoms with Crippen molar-refractivity contribution < 1.29 is 23.8 Å². The summed E-state index contributed by atoms with van der Waals surface area (Å²) in [6.07, 6.45) is 3.22. The number of carboxylic acid groups (broad SMARTS) is 1. The summed E-state index contributed by atoms with van der Waals surface area (Å²) in [7, 11) is 0. The Morgan fingerprint density at radius 1 is 1.36 bits per heavy atom. The van der Waals surface area contributed by atoms with Crippen LogP contribution in [0.3, 0.4) is 0 Å². The van der Waals surface area contributed by atoms with E-state index in [1.54, 1.807) is 31.2 Å². The number of carbonyl (C=O) groups excluding carboxylic acids is 1. The maximum atomic E-state index is 12.2. The van der Waals surface area contributed by atoms with E-state index in [0.717, 1.165) is 12.8 Å². The third-order valence-electron chi connectivity index (χ3n) is 4.62. The lowest BCUT2D eigenvalue weighted by Crippen LogP contribution is -2.32. The van der Waals surface area contributed by atoms with Crippen LogP contribution in [0.25, 0.3) is 17.4 Å². The monoisotopic (exact) mass is 380 g/mol. The maximum absolute atomic E-state index is 12.2. The molecule has 0 spiro atoms. The lowest BCUT2D eigenvalue weighted by Gasteiger charge is -2.09. The van der Waals surface area contributed by atoms with Gasteiger partial charge in [-0.05, 0) is 43.5 Å². The molecule has 2 heterocycles. The van der Waals surface area contributed by atoms with Crippen LogP contribution in [0, 0.1) is 18.3 Å². The molecular formula is C21H20N2O5. The van der Waals surface area contributed by atoms with Crippen LogP contribution in [0.5, 0.6) is 0 Å². The van der Waals surface area contributed by atoms with Crippen molar-refractivity contribution in [3.05, 3.63) is 52.8 Å². The van der Waals surface area contributed by atoms with E-state index in [1.807, 2.05) is 6.07 Å². The van der Waals surface area contributed by atoms with Crippen molar-refractivity contribution in [2.75, 3.05) is 13.2 Å². The molecule has 1 amide bonds. The van der Waals surface area contributed by atoms with Crippen LogP contribution < -0.4 is 5.32 Å². The highest BCUT2D eigenvalue weighted by atomic mass is 16.5. The molecule has 7 heteroatoms. The highest BCUT2D eigenvalue weighted by molar-refractivity contribution is 6.01. The molecule has 28 heavy (non-hydrogen) atoms. The second kappa shape index (κ2) is 8.55. The number of nitrogens with zero attached hydrogens (tertiary/aromatic N) is 1. The standard InChI is InChI=1S/C21H20N2O5/c1-13-17(5-2-6-18(13)21(25)26)19-8-7-15(28-19)10-14(11-22)20(24)23-12-16-4-3-9-27-16/h2,5-8,10,16H,3-4,9,12H2,1H3,(H,23,24)(H,25,26)/b14-10+/t16-/m1/s1. The fourth-order valence-electron chi connectivity index (χ4n) is 3.11. The number of amides is 1. The van der Waals surface area contributed by atoms with Crippen LogP contribution in [0.2, 0.25) is 0 Å². The van der Waals surface area contributed by atoms with Gasteiger partial charge >= 0.3 is 5.97 Å². The fourth-order valence-corrected chi connectivity index (χ4v) is 3.11. The van der Waals surface area contributed by atoms with Crippen LogP contribution in [0.15, 0.2) is 40.3 Å². The van der Waals surface area contributed by atoms with Gasteiger partial charge in [-0.25, -0.2) is 4.79 Å². The molecule has 3 rings (SSSR count). The van der Waals surface area contributed by atoms with Gasteiger partial charge in [0.05, 0.1) is 11.7 Å². The molecule has 1 aliphatic heterocycles. The minimum atomic E-state index is -1.01. The van der Waals surface area contributed by atoms with E-state index in [-0.39, 0.29) is 17.2 Å². The summed E-state index contributed by atoms with van der Waals surface area (Å²) in [5, 5.41) is 21.3. The number of benzene rings is 1. The van der Waals surface area contributed by atoms with Crippen LogP contribution in [-0.4, -0.2) is 36.2 Å². The summed E-state index contributed by atoms with van der Waals surface area (Å²) >= 11 is 0. The Hall–Kier alpha value is -3.37. The maximum Gasteiger partial charge on any atom is 0.335 e. The predicted molar refractivity (Wildman–Crippen MR) is 101 cm³/mol. The van der Waals surface area contributed by atoms with E-state index in [9.17, 15) is 20.0 Å². The van der Waals surface area contributed by atoms with Crippen molar-refractivity contribution in [2.45, 2.75) is 25.9 Å². The van der Waals surface area contributed by atoms with Crippen molar-refractivity contribution in [1.29, 1.82) is 5.26 Å². The Morgan fingerprint density at radius 2 is 2.18 bits per heavy atom. The second-order valence-electron chi connectivity index (χ2n) is 6.50. The number of hydrogen-bond acceptors (Lipinski definition) is 5. The van der Waals surface area contributed by atoms with E-state index in [4.69, 9.17) is 9.15 Å². The quantitative estimate of drug-likeness (QED) is 0.588. The number of carboxylic acids is 1. The Balaban J connectivity index is 1.77. The Bertz CT molecular complexity index is 961. The van der Waals surface area contributed by atoms with E-state index in [0.29, 0.717) is 35.8 Å². The largest absolute Gasteiger partial charge is 0.478 e. The molecule has 144 valence electrons. The molecule has 0 unspecified atom stereocenters. The van der Waals surface area contributed by atoms with Crippen molar-refractivity contribution >= 4 is 18.0 Å². The number of rotatable bonds is 6. The molecule has 0 aliphatic carbocycles. The first-order valence-electron chi connectivity index (χ1n) is 8.94. The third-order valence-corrected chi connectivity index (χ3v) is 4.62. The van der Waals surface area contributed by atoms with Gasteiger partial charge in [-0.3, -0.25) is 4.79 Å². The van der Waals surface area contributed by atoms with E-state index in [2.05, 4.69) is 5.32 Å². The van der Waals surface area contributed by atoms with Crippen LogP contribution in [-0.2, 0) is 9.53 Å². The average molecular weight is 380 g/mol. The van der Waals surface area contributed by atoms with Crippen LogP contribution in [0.1, 0.15) is 34.5 Å². The summed E-state index contributed by atoms with van der Waals surface area (Å²) in [5.74, 6) is -0.705. The first-order valence-corrected chi connectivity index (χ1v) is 8.94. The van der Waals surface area contributed by atoms with E-state index >= 15 is 0 Å². The van der Waals surface area contributed by atoms with Gasteiger partial charge < -0.3 is 19.6 Å². The molecular weight excluding hydrogens is 360 g/mol. The number of ether oxygens (including phenoxy) is 1. The van der Waals surface area contributed by atoms with Gasteiger partial charge in [0.2, 0.25) is 0 Å². The average Bonchev–Trinajstić information content (AvgIpc) is 3.36. The van der Waals surface area contributed by atoms with Crippen LogP contribution >= 0.6 is 0 Å². The second-order valence-corrected chi connectivity index (χ2v) is 6.50. The molecule has 1 aliphatic rings. The molecule has 1 atom stereocenters. The van der Waals surface area contributed by atoms with Crippen molar-refractivity contribution in [3.8, 4) is 17.4 Å². The number of furan rings is 1. The highest BCUT2D eigenvalue weighted by Gasteiger charge is 2.18. The van der Waals surface area contributed by atoms with Crippen LogP contribution in [0.4, 0.5) is 0 Å². The van der Waals surface area contributed by atoms with Crippen molar-refractivity contribution in [1.82, 2.24) is 5.32 Å². The summed E-state index contributed by atoms with van der Waals surface area (Å²) < 4.78 is 11.2. The summed E-state index contributed by atoms with van der Waals surface area (Å²) in [6.45, 7) is 2.76. The summed E-state index contributed by atoms with van der Waals surface area (Å²) in [5.41, 5.74) is 1.34. The molecule has 1 aromatic heterocycles. The van der Waals surface area contributed by atoms with Gasteiger partial charge in [0.25, 0.3) is 5.91 Å². The molecule has 1 aromatic carbocycles. The topological polar surface area (TPSA) is 113 Å². The minimum Gasteiger partial charge on any atom is -0.478 e. The normalized spacial score (nSPS) is 16.6.